The van der Waals surface area contributed by atoms with E-state index in [0.717, 1.165) is 23.4 Å². The molecule has 1 heterocycles. The Bertz CT molecular complexity index is 662. The fourth-order valence-electron chi connectivity index (χ4n) is 2.18. The van der Waals surface area contributed by atoms with Gasteiger partial charge in [-0.3, -0.25) is 4.79 Å². The Morgan fingerprint density at radius 2 is 2.00 bits per heavy atom. The minimum atomic E-state index is -0.467. The van der Waals surface area contributed by atoms with Crippen molar-refractivity contribution in [2.45, 2.75) is 26.3 Å². The van der Waals surface area contributed by atoms with Gasteiger partial charge in [0.1, 0.15) is 5.75 Å². The molecule has 1 atom stereocenters. The summed E-state index contributed by atoms with van der Waals surface area (Å²) in [6.07, 6.45) is 0.966. The van der Waals surface area contributed by atoms with Crippen LogP contribution in [0.3, 0.4) is 0 Å². The van der Waals surface area contributed by atoms with Gasteiger partial charge in [0, 0.05) is 12.6 Å². The zero-order chi connectivity index (χ0) is 15.4. The van der Waals surface area contributed by atoms with Crippen molar-refractivity contribution in [1.29, 1.82) is 0 Å². The van der Waals surface area contributed by atoms with E-state index in [2.05, 4.69) is 12.0 Å². The Morgan fingerprint density at radius 1 is 1.33 bits per heavy atom. The van der Waals surface area contributed by atoms with E-state index in [1.165, 1.54) is 4.68 Å². The SMILES string of the molecule is CCCOc1ccc(C(N)c2cc(C)nn(C)c2=O)cc1. The number of hydrogen-bond donors (Lipinski definition) is 1. The van der Waals surface area contributed by atoms with Gasteiger partial charge in [-0.2, -0.15) is 5.10 Å². The van der Waals surface area contributed by atoms with Gasteiger partial charge >= 0.3 is 0 Å². The molecule has 0 aliphatic rings. The second-order valence-electron chi connectivity index (χ2n) is 5.06. The van der Waals surface area contributed by atoms with Crippen LogP contribution in [-0.4, -0.2) is 16.4 Å². The lowest BCUT2D eigenvalue weighted by Crippen LogP contribution is -2.29. The first-order chi connectivity index (χ1) is 10.0. The maximum atomic E-state index is 12.1. The van der Waals surface area contributed by atoms with E-state index in [1.807, 2.05) is 31.2 Å². The van der Waals surface area contributed by atoms with E-state index in [-0.39, 0.29) is 5.56 Å². The Kier molecular flexibility index (Phi) is 4.75. The number of aryl methyl sites for hydroxylation is 2. The number of nitrogens with zero attached hydrogens (tertiary/aromatic N) is 2. The second kappa shape index (κ2) is 6.54. The summed E-state index contributed by atoms with van der Waals surface area (Å²) in [6.45, 7) is 4.60. The summed E-state index contributed by atoms with van der Waals surface area (Å²) >= 11 is 0. The minimum Gasteiger partial charge on any atom is -0.494 e. The lowest BCUT2D eigenvalue weighted by molar-refractivity contribution is 0.317. The molecule has 0 amide bonds. The summed E-state index contributed by atoms with van der Waals surface area (Å²) in [5, 5.41) is 4.09. The highest BCUT2D eigenvalue weighted by Gasteiger charge is 2.15. The molecule has 0 bridgehead atoms. The maximum absolute atomic E-state index is 12.1. The van der Waals surface area contributed by atoms with Gasteiger partial charge in [0.2, 0.25) is 0 Å². The van der Waals surface area contributed by atoms with Crippen LogP contribution in [0.4, 0.5) is 0 Å². The first-order valence-electron chi connectivity index (χ1n) is 7.06. The summed E-state index contributed by atoms with van der Waals surface area (Å²) in [4.78, 5) is 12.1. The van der Waals surface area contributed by atoms with Crippen LogP contribution < -0.4 is 16.0 Å². The molecule has 2 aromatic rings. The van der Waals surface area contributed by atoms with Gasteiger partial charge in [-0.05, 0) is 37.1 Å². The van der Waals surface area contributed by atoms with Gasteiger partial charge in [0.15, 0.2) is 0 Å². The molecular weight excluding hydrogens is 266 g/mol. The van der Waals surface area contributed by atoms with Crippen LogP contribution in [0.15, 0.2) is 35.1 Å². The smallest absolute Gasteiger partial charge is 0.271 e. The van der Waals surface area contributed by atoms with Crippen LogP contribution in [0.2, 0.25) is 0 Å². The number of ether oxygens (including phenoxy) is 1. The minimum absolute atomic E-state index is 0.167. The van der Waals surface area contributed by atoms with Crippen LogP contribution in [0.1, 0.15) is 36.2 Å². The molecule has 5 nitrogen and oxygen atoms in total. The Hall–Kier alpha value is -2.14. The molecule has 21 heavy (non-hydrogen) atoms. The van der Waals surface area contributed by atoms with Crippen molar-refractivity contribution in [3.63, 3.8) is 0 Å². The van der Waals surface area contributed by atoms with E-state index < -0.39 is 6.04 Å². The number of rotatable bonds is 5. The highest BCUT2D eigenvalue weighted by Crippen LogP contribution is 2.20. The van der Waals surface area contributed by atoms with Crippen LogP contribution in [0.25, 0.3) is 0 Å². The molecule has 1 unspecified atom stereocenters. The third kappa shape index (κ3) is 3.49. The standard InChI is InChI=1S/C16H21N3O2/c1-4-9-21-13-7-5-12(6-8-13)15(17)14-10-11(2)18-19(3)16(14)20/h5-8,10,15H,4,9,17H2,1-3H3. The zero-order valence-electron chi connectivity index (χ0n) is 12.7. The molecule has 0 aliphatic carbocycles. The molecule has 2 N–H and O–H groups in total. The first kappa shape index (κ1) is 15.3. The summed E-state index contributed by atoms with van der Waals surface area (Å²) in [5.41, 5.74) is 8.25. The Morgan fingerprint density at radius 3 is 2.62 bits per heavy atom. The van der Waals surface area contributed by atoms with Gasteiger partial charge in [-0.15, -0.1) is 0 Å². The fraction of sp³-hybridized carbons (Fsp3) is 0.375. The van der Waals surface area contributed by atoms with Crippen molar-refractivity contribution in [1.82, 2.24) is 9.78 Å². The number of nitrogens with two attached hydrogens (primary N) is 1. The van der Waals surface area contributed by atoms with Crippen molar-refractivity contribution in [2.24, 2.45) is 12.8 Å². The summed E-state index contributed by atoms with van der Waals surface area (Å²) in [7, 11) is 1.63. The predicted octanol–water partition coefficient (Wildman–Crippen LogP) is 1.93. The third-order valence-electron chi connectivity index (χ3n) is 3.26. The maximum Gasteiger partial charge on any atom is 0.271 e. The van der Waals surface area contributed by atoms with Gasteiger partial charge in [0.05, 0.1) is 18.3 Å². The Labute approximate surface area is 124 Å². The molecule has 0 saturated heterocycles. The molecule has 0 aliphatic heterocycles. The average molecular weight is 287 g/mol. The molecule has 5 heteroatoms. The normalized spacial score (nSPS) is 12.2. The summed E-state index contributed by atoms with van der Waals surface area (Å²) < 4.78 is 6.86. The predicted molar refractivity (Wildman–Crippen MR) is 82.5 cm³/mol. The summed E-state index contributed by atoms with van der Waals surface area (Å²) in [6, 6.07) is 8.82. The van der Waals surface area contributed by atoms with Crippen LogP contribution >= 0.6 is 0 Å². The molecule has 0 spiro atoms. The van der Waals surface area contributed by atoms with Crippen molar-refractivity contribution in [3.05, 3.63) is 57.5 Å². The lowest BCUT2D eigenvalue weighted by atomic mass is 10.0. The van der Waals surface area contributed by atoms with E-state index in [4.69, 9.17) is 10.5 Å². The third-order valence-corrected chi connectivity index (χ3v) is 3.26. The van der Waals surface area contributed by atoms with E-state index in [1.54, 1.807) is 13.1 Å². The molecule has 112 valence electrons. The molecule has 0 saturated carbocycles. The first-order valence-corrected chi connectivity index (χ1v) is 7.06. The van der Waals surface area contributed by atoms with Gasteiger partial charge in [0.25, 0.3) is 5.56 Å². The van der Waals surface area contributed by atoms with Crippen LogP contribution in [0, 0.1) is 6.92 Å². The van der Waals surface area contributed by atoms with Crippen molar-refractivity contribution in [3.8, 4) is 5.75 Å². The molecule has 1 aromatic heterocycles. The van der Waals surface area contributed by atoms with Crippen molar-refractivity contribution < 1.29 is 4.74 Å². The van der Waals surface area contributed by atoms with Crippen molar-refractivity contribution >= 4 is 0 Å². The number of hydrogen-bond acceptors (Lipinski definition) is 4. The average Bonchev–Trinajstić information content (AvgIpc) is 2.48. The molecule has 1 aromatic carbocycles. The monoisotopic (exact) mass is 287 g/mol. The molecular formula is C16H21N3O2. The number of aromatic nitrogens is 2. The largest absolute Gasteiger partial charge is 0.494 e. The number of benzene rings is 1. The van der Waals surface area contributed by atoms with Gasteiger partial charge < -0.3 is 10.5 Å². The highest BCUT2D eigenvalue weighted by molar-refractivity contribution is 5.34. The van der Waals surface area contributed by atoms with E-state index in [0.29, 0.717) is 12.2 Å². The topological polar surface area (TPSA) is 70.1 Å². The molecule has 0 radical (unpaired) electrons. The van der Waals surface area contributed by atoms with E-state index in [9.17, 15) is 4.79 Å². The van der Waals surface area contributed by atoms with E-state index >= 15 is 0 Å². The highest BCUT2D eigenvalue weighted by atomic mass is 16.5. The fourth-order valence-corrected chi connectivity index (χ4v) is 2.18. The second-order valence-corrected chi connectivity index (χ2v) is 5.06. The zero-order valence-corrected chi connectivity index (χ0v) is 12.7. The van der Waals surface area contributed by atoms with Gasteiger partial charge in [-0.1, -0.05) is 19.1 Å². The molecule has 0 fully saturated rings. The van der Waals surface area contributed by atoms with Crippen LogP contribution in [0.5, 0.6) is 5.75 Å². The molecule has 2 rings (SSSR count). The van der Waals surface area contributed by atoms with Crippen LogP contribution in [-0.2, 0) is 7.05 Å². The lowest BCUT2D eigenvalue weighted by Gasteiger charge is -2.14. The van der Waals surface area contributed by atoms with Gasteiger partial charge in [-0.25, -0.2) is 4.68 Å². The van der Waals surface area contributed by atoms with Crippen molar-refractivity contribution in [2.75, 3.05) is 6.61 Å². The Balaban J connectivity index is 2.28. The quantitative estimate of drug-likeness (QED) is 0.912. The summed E-state index contributed by atoms with van der Waals surface area (Å²) in [5.74, 6) is 0.812.